The Bertz CT molecular complexity index is 889. The number of halogens is 2. The molecule has 5 heteroatoms. The normalized spacial score (nSPS) is 18.9. The molecule has 0 radical (unpaired) electrons. The highest BCUT2D eigenvalue weighted by molar-refractivity contribution is 5.74. The zero-order valence-electron chi connectivity index (χ0n) is 20.5. The molecule has 2 aromatic carbocycles. The van der Waals surface area contributed by atoms with E-state index in [0.717, 1.165) is 62.5 Å². The zero-order valence-corrected chi connectivity index (χ0v) is 20.5. The summed E-state index contributed by atoms with van der Waals surface area (Å²) in [5, 5.41) is 0. The van der Waals surface area contributed by atoms with E-state index in [1.807, 2.05) is 25.1 Å². The van der Waals surface area contributed by atoms with Crippen molar-refractivity contribution in [1.82, 2.24) is 0 Å². The van der Waals surface area contributed by atoms with E-state index in [4.69, 9.17) is 9.47 Å². The number of rotatable bonds is 12. The lowest BCUT2D eigenvalue weighted by Gasteiger charge is -2.29. The molecule has 1 atom stereocenters. The van der Waals surface area contributed by atoms with Crippen molar-refractivity contribution in [3.05, 3.63) is 53.8 Å². The predicted octanol–water partition coefficient (Wildman–Crippen LogP) is 8.16. The van der Waals surface area contributed by atoms with Gasteiger partial charge in [-0.1, -0.05) is 69.9 Å². The van der Waals surface area contributed by atoms with Crippen LogP contribution in [0.5, 0.6) is 5.75 Å². The van der Waals surface area contributed by atoms with Crippen LogP contribution in [0, 0.1) is 5.82 Å². The van der Waals surface area contributed by atoms with Gasteiger partial charge in [-0.05, 0) is 73.3 Å². The summed E-state index contributed by atoms with van der Waals surface area (Å²) in [7, 11) is 0. The van der Waals surface area contributed by atoms with Crippen LogP contribution in [0.2, 0.25) is 0 Å². The van der Waals surface area contributed by atoms with Crippen LogP contribution in [0.25, 0.3) is 11.1 Å². The molecule has 3 rings (SSSR count). The predicted molar refractivity (Wildman–Crippen MR) is 132 cm³/mol. The maximum Gasteiger partial charge on any atom is 0.340 e. The first-order valence-electron chi connectivity index (χ1n) is 12.9. The van der Waals surface area contributed by atoms with Gasteiger partial charge in [0.05, 0.1) is 6.61 Å². The highest BCUT2D eigenvalue weighted by atomic mass is 19.1. The molecule has 2 aromatic rings. The fraction of sp³-hybridized carbons (Fsp3) is 0.552. The lowest BCUT2D eigenvalue weighted by Crippen LogP contribution is -2.28. The molecular formula is C29H38F2O3. The van der Waals surface area contributed by atoms with Crippen LogP contribution >= 0.6 is 0 Å². The third kappa shape index (κ3) is 7.54. The number of hydrogen-bond donors (Lipinski definition) is 0. The summed E-state index contributed by atoms with van der Waals surface area (Å²) in [6.45, 7) is 4.64. The second kappa shape index (κ2) is 13.5. The molecule has 1 saturated carbocycles. The summed E-state index contributed by atoms with van der Waals surface area (Å²) in [5.41, 5.74) is 3.02. The van der Waals surface area contributed by atoms with Gasteiger partial charge in [0.1, 0.15) is 6.10 Å². The van der Waals surface area contributed by atoms with Gasteiger partial charge in [-0.3, -0.25) is 0 Å². The molecule has 0 saturated heterocycles. The van der Waals surface area contributed by atoms with E-state index in [9.17, 15) is 13.6 Å². The molecule has 0 heterocycles. The number of carbonyl (C=O) groups is 1. The number of carbonyl (C=O) groups excluding carboxylic acids is 1. The van der Waals surface area contributed by atoms with Gasteiger partial charge in [-0.15, -0.1) is 0 Å². The molecule has 0 amide bonds. The summed E-state index contributed by atoms with van der Waals surface area (Å²) in [6.07, 6.45) is 6.55. The van der Waals surface area contributed by atoms with Crippen molar-refractivity contribution in [1.29, 1.82) is 0 Å². The molecule has 0 unspecified atom stereocenters. The maximum absolute atomic E-state index is 14.5. The summed E-state index contributed by atoms with van der Waals surface area (Å²) in [5.74, 6) is -0.346. The van der Waals surface area contributed by atoms with Crippen molar-refractivity contribution >= 4 is 5.97 Å². The van der Waals surface area contributed by atoms with Gasteiger partial charge in [-0.25, -0.2) is 13.6 Å². The van der Waals surface area contributed by atoms with Gasteiger partial charge < -0.3 is 9.47 Å². The Balaban J connectivity index is 1.50. The molecule has 0 N–H and O–H groups in total. The minimum Gasteiger partial charge on any atom is -0.491 e. The molecule has 34 heavy (non-hydrogen) atoms. The van der Waals surface area contributed by atoms with Crippen LogP contribution < -0.4 is 4.74 Å². The third-order valence-corrected chi connectivity index (χ3v) is 6.68. The number of alkyl halides is 1. The molecule has 0 bridgehead atoms. The van der Waals surface area contributed by atoms with Crippen molar-refractivity contribution in [3.63, 3.8) is 0 Å². The summed E-state index contributed by atoms with van der Waals surface area (Å²) >= 11 is 0. The van der Waals surface area contributed by atoms with E-state index in [1.165, 1.54) is 11.6 Å². The average Bonchev–Trinajstić information content (AvgIpc) is 2.86. The molecule has 0 spiro atoms. The molecular weight excluding hydrogens is 434 g/mol. The highest BCUT2D eigenvalue weighted by Crippen LogP contribution is 2.35. The van der Waals surface area contributed by atoms with Gasteiger partial charge in [0.2, 0.25) is 0 Å². The van der Waals surface area contributed by atoms with E-state index >= 15 is 0 Å². The number of benzene rings is 2. The lowest BCUT2D eigenvalue weighted by molar-refractivity contribution is -0.157. The second-order valence-electron chi connectivity index (χ2n) is 9.34. The highest BCUT2D eigenvalue weighted by Gasteiger charge is 2.27. The number of unbranched alkanes of at least 4 members (excludes halogenated alkanes) is 3. The fourth-order valence-electron chi connectivity index (χ4n) is 4.53. The van der Waals surface area contributed by atoms with E-state index in [1.54, 1.807) is 6.07 Å². The van der Waals surface area contributed by atoms with Crippen LogP contribution in [-0.4, -0.2) is 24.9 Å². The smallest absolute Gasteiger partial charge is 0.340 e. The standard InChI is InChI=1S/C29H38F2O3/c1-3-5-7-19-33-28-18-15-24(20-27(28)31)23-11-9-21(10-12-23)22-13-16-25(17-14-22)34-29(32)26(30)8-6-4-2/h9-12,15,18,20,22,25-26H,3-8,13-14,16-17,19H2,1-2H3/t22-,25-,26-/m0/s1. The summed E-state index contributed by atoms with van der Waals surface area (Å²) in [4.78, 5) is 11.9. The van der Waals surface area contributed by atoms with Gasteiger partial charge in [0.15, 0.2) is 17.7 Å². The largest absolute Gasteiger partial charge is 0.491 e. The summed E-state index contributed by atoms with van der Waals surface area (Å²) < 4.78 is 39.3. The Labute approximate surface area is 202 Å². The quantitative estimate of drug-likeness (QED) is 0.231. The van der Waals surface area contributed by atoms with Crippen molar-refractivity contribution < 1.29 is 23.0 Å². The molecule has 0 aliphatic heterocycles. The molecule has 0 aromatic heterocycles. The summed E-state index contributed by atoms with van der Waals surface area (Å²) in [6, 6.07) is 13.4. The first-order chi connectivity index (χ1) is 16.5. The SMILES string of the molecule is CCCCCOc1ccc(-c2ccc([C@H]3CC[C@H](OC(=O)[C@@H](F)CCCC)CC3)cc2)cc1F. The van der Waals surface area contributed by atoms with E-state index < -0.39 is 12.1 Å². The van der Waals surface area contributed by atoms with Crippen molar-refractivity contribution in [2.45, 2.75) is 96.2 Å². The minimum atomic E-state index is -1.50. The lowest BCUT2D eigenvalue weighted by atomic mass is 9.82. The van der Waals surface area contributed by atoms with Crippen LogP contribution in [0.3, 0.4) is 0 Å². The van der Waals surface area contributed by atoms with Gasteiger partial charge in [0, 0.05) is 0 Å². The van der Waals surface area contributed by atoms with E-state index in [-0.39, 0.29) is 18.3 Å². The van der Waals surface area contributed by atoms with Crippen LogP contribution in [0.4, 0.5) is 8.78 Å². The van der Waals surface area contributed by atoms with Crippen LogP contribution in [-0.2, 0) is 9.53 Å². The molecule has 1 aliphatic carbocycles. The first-order valence-corrected chi connectivity index (χ1v) is 12.9. The van der Waals surface area contributed by atoms with Crippen molar-refractivity contribution in [2.24, 2.45) is 0 Å². The Hall–Kier alpha value is -2.43. The van der Waals surface area contributed by atoms with E-state index in [0.29, 0.717) is 24.7 Å². The van der Waals surface area contributed by atoms with Gasteiger partial charge in [-0.2, -0.15) is 0 Å². The second-order valence-corrected chi connectivity index (χ2v) is 9.34. The molecule has 1 fully saturated rings. The van der Waals surface area contributed by atoms with Crippen molar-refractivity contribution in [2.75, 3.05) is 6.61 Å². The Morgan fingerprint density at radius 2 is 1.62 bits per heavy atom. The fourth-order valence-corrected chi connectivity index (χ4v) is 4.53. The third-order valence-electron chi connectivity index (χ3n) is 6.68. The molecule has 1 aliphatic rings. The zero-order chi connectivity index (χ0) is 24.3. The minimum absolute atomic E-state index is 0.186. The topological polar surface area (TPSA) is 35.5 Å². The maximum atomic E-state index is 14.5. The van der Waals surface area contributed by atoms with Gasteiger partial charge in [0.25, 0.3) is 0 Å². The van der Waals surface area contributed by atoms with Gasteiger partial charge >= 0.3 is 5.97 Å². The van der Waals surface area contributed by atoms with Crippen LogP contribution in [0.15, 0.2) is 42.5 Å². The van der Waals surface area contributed by atoms with Crippen molar-refractivity contribution in [3.8, 4) is 16.9 Å². The molecule has 186 valence electrons. The Morgan fingerprint density at radius 1 is 0.941 bits per heavy atom. The molecule has 3 nitrogen and oxygen atoms in total. The average molecular weight is 473 g/mol. The first kappa shape index (κ1) is 26.2. The monoisotopic (exact) mass is 472 g/mol. The number of hydrogen-bond acceptors (Lipinski definition) is 3. The van der Waals surface area contributed by atoms with E-state index in [2.05, 4.69) is 19.1 Å². The number of ether oxygens (including phenoxy) is 2. The van der Waals surface area contributed by atoms with Crippen LogP contribution in [0.1, 0.15) is 89.5 Å². The number of esters is 1. The Kier molecular flexibility index (Phi) is 10.4. The Morgan fingerprint density at radius 3 is 2.26 bits per heavy atom.